The molecule has 1 fully saturated rings. The van der Waals surface area contributed by atoms with Gasteiger partial charge in [-0.2, -0.15) is 0 Å². The highest BCUT2D eigenvalue weighted by atomic mass is 32.2. The standard InChI is InChI=1S/C21H25FN2O3S/c22-20-8-6-17(7-9-20)10-13-23-21(25)19-11-14-24(15-12-19)28(26,27)16-18-4-2-1-3-5-18/h1-9,19H,10-16H2,(H,23,25). The van der Waals surface area contributed by atoms with E-state index in [0.29, 0.717) is 38.9 Å². The molecule has 0 aliphatic carbocycles. The summed E-state index contributed by atoms with van der Waals surface area (Å²) in [6, 6.07) is 15.3. The van der Waals surface area contributed by atoms with Gasteiger partial charge < -0.3 is 5.32 Å². The number of benzene rings is 2. The fourth-order valence-corrected chi connectivity index (χ4v) is 4.96. The molecule has 0 unspecified atom stereocenters. The van der Waals surface area contributed by atoms with Gasteiger partial charge in [0.25, 0.3) is 0 Å². The number of piperidine rings is 1. The molecular formula is C21H25FN2O3S. The van der Waals surface area contributed by atoms with Gasteiger partial charge in [-0.25, -0.2) is 17.1 Å². The number of amides is 1. The van der Waals surface area contributed by atoms with Gasteiger partial charge in [0.15, 0.2) is 0 Å². The van der Waals surface area contributed by atoms with Gasteiger partial charge in [0.05, 0.1) is 5.75 Å². The van der Waals surface area contributed by atoms with E-state index in [9.17, 15) is 17.6 Å². The number of carbonyl (C=O) groups excluding carboxylic acids is 1. The molecule has 1 aliphatic rings. The van der Waals surface area contributed by atoms with E-state index in [2.05, 4.69) is 5.32 Å². The van der Waals surface area contributed by atoms with Crippen LogP contribution in [0.4, 0.5) is 4.39 Å². The van der Waals surface area contributed by atoms with Crippen LogP contribution in [0.1, 0.15) is 24.0 Å². The number of rotatable bonds is 7. The van der Waals surface area contributed by atoms with Crippen molar-refractivity contribution in [3.05, 3.63) is 71.5 Å². The Kier molecular flexibility index (Phi) is 6.80. The highest BCUT2D eigenvalue weighted by Gasteiger charge is 2.30. The lowest BCUT2D eigenvalue weighted by Gasteiger charge is -2.30. The number of carbonyl (C=O) groups is 1. The lowest BCUT2D eigenvalue weighted by atomic mass is 9.97. The molecule has 1 saturated heterocycles. The van der Waals surface area contributed by atoms with Crippen molar-refractivity contribution in [1.29, 1.82) is 0 Å². The van der Waals surface area contributed by atoms with Crippen molar-refractivity contribution in [2.45, 2.75) is 25.0 Å². The summed E-state index contributed by atoms with van der Waals surface area (Å²) < 4.78 is 39.6. The Morgan fingerprint density at radius 2 is 1.64 bits per heavy atom. The molecule has 2 aromatic rings. The molecule has 0 atom stereocenters. The van der Waals surface area contributed by atoms with Crippen LogP contribution in [0, 0.1) is 11.7 Å². The summed E-state index contributed by atoms with van der Waals surface area (Å²) in [5, 5.41) is 2.91. The SMILES string of the molecule is O=C(NCCc1ccc(F)cc1)C1CCN(S(=O)(=O)Cc2ccccc2)CC1. The Morgan fingerprint density at radius 3 is 2.29 bits per heavy atom. The van der Waals surface area contributed by atoms with Gasteiger partial charge in [-0.15, -0.1) is 0 Å². The third-order valence-corrected chi connectivity index (χ3v) is 6.89. The molecule has 0 radical (unpaired) electrons. The average Bonchev–Trinajstić information content (AvgIpc) is 2.70. The second-order valence-electron chi connectivity index (χ2n) is 7.08. The van der Waals surface area contributed by atoms with E-state index < -0.39 is 10.0 Å². The quantitative estimate of drug-likeness (QED) is 0.772. The van der Waals surface area contributed by atoms with Crippen LogP contribution in [0.25, 0.3) is 0 Å². The van der Waals surface area contributed by atoms with Crippen LogP contribution in [0.2, 0.25) is 0 Å². The third-order valence-electron chi connectivity index (χ3n) is 5.04. The van der Waals surface area contributed by atoms with Crippen LogP contribution in [-0.4, -0.2) is 38.3 Å². The third kappa shape index (κ3) is 5.62. The number of nitrogens with one attached hydrogen (secondary N) is 1. The predicted octanol–water partition coefficient (Wildman–Crippen LogP) is 2.73. The van der Waals surface area contributed by atoms with Crippen LogP contribution in [-0.2, 0) is 27.0 Å². The van der Waals surface area contributed by atoms with Gasteiger partial charge in [0.1, 0.15) is 5.82 Å². The fourth-order valence-electron chi connectivity index (χ4n) is 3.40. The first-order valence-electron chi connectivity index (χ1n) is 9.48. The van der Waals surface area contributed by atoms with Gasteiger partial charge in [-0.3, -0.25) is 4.79 Å². The number of hydrogen-bond donors (Lipinski definition) is 1. The van der Waals surface area contributed by atoms with Crippen molar-refractivity contribution in [2.24, 2.45) is 5.92 Å². The lowest BCUT2D eigenvalue weighted by molar-refractivity contribution is -0.126. The molecule has 7 heteroatoms. The molecule has 2 aromatic carbocycles. The van der Waals surface area contributed by atoms with E-state index in [-0.39, 0.29) is 23.4 Å². The van der Waals surface area contributed by atoms with E-state index in [1.165, 1.54) is 16.4 Å². The van der Waals surface area contributed by atoms with Crippen LogP contribution >= 0.6 is 0 Å². The Morgan fingerprint density at radius 1 is 1.00 bits per heavy atom. The van der Waals surface area contributed by atoms with Crippen molar-refractivity contribution in [1.82, 2.24) is 9.62 Å². The Labute approximate surface area is 165 Å². The Bertz CT molecular complexity index is 878. The summed E-state index contributed by atoms with van der Waals surface area (Å²) in [7, 11) is -3.37. The molecule has 5 nitrogen and oxygen atoms in total. The second kappa shape index (κ2) is 9.30. The van der Waals surface area contributed by atoms with Gasteiger partial charge >= 0.3 is 0 Å². The van der Waals surface area contributed by atoms with Crippen molar-refractivity contribution in [2.75, 3.05) is 19.6 Å². The zero-order valence-corrected chi connectivity index (χ0v) is 16.5. The summed E-state index contributed by atoms with van der Waals surface area (Å²) in [6.07, 6.45) is 1.68. The highest BCUT2D eigenvalue weighted by molar-refractivity contribution is 7.88. The van der Waals surface area contributed by atoms with Crippen molar-refractivity contribution >= 4 is 15.9 Å². The Hall–Kier alpha value is -2.25. The summed E-state index contributed by atoms with van der Waals surface area (Å²) in [5.74, 6) is -0.497. The van der Waals surface area contributed by atoms with E-state index in [1.54, 1.807) is 24.3 Å². The Balaban J connectivity index is 1.44. The maximum Gasteiger partial charge on any atom is 0.223 e. The van der Waals surface area contributed by atoms with Crippen LogP contribution in [0.15, 0.2) is 54.6 Å². The number of sulfonamides is 1. The number of hydrogen-bond acceptors (Lipinski definition) is 3. The van der Waals surface area contributed by atoms with E-state index >= 15 is 0 Å². The summed E-state index contributed by atoms with van der Waals surface area (Å²) in [6.45, 7) is 1.22. The first-order chi connectivity index (χ1) is 13.4. The van der Waals surface area contributed by atoms with E-state index in [0.717, 1.165) is 11.1 Å². The lowest BCUT2D eigenvalue weighted by Crippen LogP contribution is -2.43. The fraction of sp³-hybridized carbons (Fsp3) is 0.381. The maximum atomic E-state index is 12.9. The average molecular weight is 405 g/mol. The van der Waals surface area contributed by atoms with Crippen molar-refractivity contribution in [3.8, 4) is 0 Å². The van der Waals surface area contributed by atoms with Gasteiger partial charge in [-0.05, 0) is 42.5 Å². The minimum atomic E-state index is -3.37. The minimum Gasteiger partial charge on any atom is -0.356 e. The molecule has 0 aromatic heterocycles. The normalized spacial score (nSPS) is 16.0. The maximum absolute atomic E-state index is 12.9. The number of halogens is 1. The molecule has 150 valence electrons. The molecule has 1 N–H and O–H groups in total. The molecule has 28 heavy (non-hydrogen) atoms. The zero-order chi connectivity index (χ0) is 20.0. The second-order valence-corrected chi connectivity index (χ2v) is 9.05. The zero-order valence-electron chi connectivity index (χ0n) is 15.7. The van der Waals surface area contributed by atoms with E-state index in [4.69, 9.17) is 0 Å². The molecule has 3 rings (SSSR count). The minimum absolute atomic E-state index is 0.0115. The van der Waals surface area contributed by atoms with Crippen LogP contribution < -0.4 is 5.32 Å². The summed E-state index contributed by atoms with van der Waals surface area (Å²) >= 11 is 0. The van der Waals surface area contributed by atoms with Crippen molar-refractivity contribution < 1.29 is 17.6 Å². The van der Waals surface area contributed by atoms with Crippen LogP contribution in [0.5, 0.6) is 0 Å². The largest absolute Gasteiger partial charge is 0.356 e. The van der Waals surface area contributed by atoms with E-state index in [1.807, 2.05) is 18.2 Å². The molecular weight excluding hydrogens is 379 g/mol. The molecule has 0 saturated carbocycles. The summed E-state index contributed by atoms with van der Waals surface area (Å²) in [4.78, 5) is 12.4. The molecule has 0 spiro atoms. The number of nitrogens with zero attached hydrogens (tertiary/aromatic N) is 1. The molecule has 1 aliphatic heterocycles. The molecule has 0 bridgehead atoms. The van der Waals surface area contributed by atoms with Gasteiger partial charge in [0.2, 0.25) is 15.9 Å². The smallest absolute Gasteiger partial charge is 0.223 e. The first kappa shape index (κ1) is 20.5. The highest BCUT2D eigenvalue weighted by Crippen LogP contribution is 2.22. The van der Waals surface area contributed by atoms with Gasteiger partial charge in [0, 0.05) is 25.6 Å². The first-order valence-corrected chi connectivity index (χ1v) is 11.1. The predicted molar refractivity (Wildman–Crippen MR) is 106 cm³/mol. The van der Waals surface area contributed by atoms with Crippen molar-refractivity contribution in [3.63, 3.8) is 0 Å². The van der Waals surface area contributed by atoms with Crippen LogP contribution in [0.3, 0.4) is 0 Å². The summed E-state index contributed by atoms with van der Waals surface area (Å²) in [5.41, 5.74) is 1.73. The topological polar surface area (TPSA) is 66.5 Å². The molecule has 1 heterocycles. The molecule has 1 amide bonds. The van der Waals surface area contributed by atoms with Gasteiger partial charge in [-0.1, -0.05) is 42.5 Å². The monoisotopic (exact) mass is 404 g/mol.